The van der Waals surface area contributed by atoms with Crippen molar-refractivity contribution in [3.05, 3.63) is 11.3 Å². The maximum Gasteiger partial charge on any atom is 0.336 e. The molecule has 80 valence electrons. The Morgan fingerprint density at radius 3 is 2.64 bits per heavy atom. The number of carboxylic acids is 1. The summed E-state index contributed by atoms with van der Waals surface area (Å²) in [6.45, 7) is 2.09. The topological polar surface area (TPSA) is 86.8 Å². The minimum absolute atomic E-state index is 0.0206. The molecule has 0 aromatic carbocycles. The maximum absolute atomic E-state index is 10.9. The fraction of sp³-hybridized carbons (Fsp3) is 0.667. The second-order valence-electron chi connectivity index (χ2n) is 3.49. The van der Waals surface area contributed by atoms with Crippen LogP contribution in [-0.4, -0.2) is 33.8 Å². The van der Waals surface area contributed by atoms with E-state index in [1.54, 1.807) is 0 Å². The number of hydrogen-bond donors (Lipinski definition) is 3. The minimum atomic E-state index is -1.09. The van der Waals surface area contributed by atoms with Crippen molar-refractivity contribution in [2.24, 2.45) is 5.84 Å². The van der Waals surface area contributed by atoms with E-state index >= 15 is 0 Å². The van der Waals surface area contributed by atoms with Gasteiger partial charge in [-0.1, -0.05) is 0 Å². The smallest absolute Gasteiger partial charge is 0.336 e. The number of allylic oxidation sites excluding steroid dienone is 1. The Balaban J connectivity index is 3.00. The first kappa shape index (κ1) is 11.0. The molecule has 0 amide bonds. The van der Waals surface area contributed by atoms with Crippen molar-refractivity contribution in [2.45, 2.75) is 32.3 Å². The molecule has 1 saturated heterocycles. The van der Waals surface area contributed by atoms with E-state index in [9.17, 15) is 9.90 Å². The van der Waals surface area contributed by atoms with E-state index in [1.165, 1.54) is 11.9 Å². The summed E-state index contributed by atoms with van der Waals surface area (Å²) in [5.41, 5.74) is 0.575. The van der Waals surface area contributed by atoms with Crippen LogP contribution >= 0.6 is 0 Å². The molecule has 0 aromatic heterocycles. The van der Waals surface area contributed by atoms with Gasteiger partial charge < -0.3 is 15.2 Å². The first-order chi connectivity index (χ1) is 6.54. The van der Waals surface area contributed by atoms with Gasteiger partial charge in [-0.05, 0) is 26.2 Å². The zero-order valence-corrected chi connectivity index (χ0v) is 8.23. The van der Waals surface area contributed by atoms with Crippen molar-refractivity contribution in [1.29, 1.82) is 0 Å². The van der Waals surface area contributed by atoms with Gasteiger partial charge in [-0.15, -0.1) is 0 Å². The van der Waals surface area contributed by atoms with Crippen LogP contribution in [0.5, 0.6) is 0 Å². The number of hydrogen-bond acceptors (Lipinski definition) is 4. The number of aliphatic carboxylic acids is 1. The molecule has 1 heterocycles. The lowest BCUT2D eigenvalue weighted by molar-refractivity contribution is -0.133. The first-order valence-electron chi connectivity index (χ1n) is 4.70. The number of piperidine rings is 1. The Hall–Kier alpha value is -1.07. The molecule has 1 aliphatic heterocycles. The SMILES string of the molecule is CC(O)/C(C(=O)O)=C1\CCCCN1N. The molecule has 1 atom stereocenters. The number of nitrogens with two attached hydrogens (primary N) is 1. The van der Waals surface area contributed by atoms with Crippen molar-refractivity contribution < 1.29 is 15.0 Å². The average molecular weight is 200 g/mol. The maximum atomic E-state index is 10.9. The van der Waals surface area contributed by atoms with Gasteiger partial charge in [0.2, 0.25) is 0 Å². The largest absolute Gasteiger partial charge is 0.478 e. The van der Waals surface area contributed by atoms with Gasteiger partial charge in [-0.2, -0.15) is 0 Å². The molecule has 0 bridgehead atoms. The standard InChI is InChI=1S/C9H16N2O3/c1-6(12)8(9(13)14)7-4-2-3-5-11(7)10/h6,12H,2-5,10H2,1H3,(H,13,14)/b8-7-. The fourth-order valence-corrected chi connectivity index (χ4v) is 1.69. The highest BCUT2D eigenvalue weighted by atomic mass is 16.4. The lowest BCUT2D eigenvalue weighted by Crippen LogP contribution is -2.37. The zero-order chi connectivity index (χ0) is 10.7. The van der Waals surface area contributed by atoms with E-state index in [4.69, 9.17) is 10.9 Å². The quantitative estimate of drug-likeness (QED) is 0.433. The van der Waals surface area contributed by atoms with Crippen LogP contribution in [0.15, 0.2) is 11.3 Å². The lowest BCUT2D eigenvalue weighted by atomic mass is 10.0. The van der Waals surface area contributed by atoms with E-state index in [-0.39, 0.29) is 5.57 Å². The molecule has 0 radical (unpaired) electrons. The van der Waals surface area contributed by atoms with Crippen molar-refractivity contribution >= 4 is 5.97 Å². The molecule has 0 spiro atoms. The van der Waals surface area contributed by atoms with E-state index in [0.29, 0.717) is 18.7 Å². The number of nitrogens with zero attached hydrogens (tertiary/aromatic N) is 1. The van der Waals surface area contributed by atoms with Crippen molar-refractivity contribution in [1.82, 2.24) is 5.01 Å². The highest BCUT2D eigenvalue weighted by Gasteiger charge is 2.24. The molecule has 0 aliphatic carbocycles. The van der Waals surface area contributed by atoms with E-state index in [0.717, 1.165) is 12.8 Å². The third kappa shape index (κ3) is 2.24. The summed E-state index contributed by atoms with van der Waals surface area (Å²) in [6.07, 6.45) is 1.54. The van der Waals surface area contributed by atoms with Crippen LogP contribution in [-0.2, 0) is 4.79 Å². The Labute approximate surface area is 82.8 Å². The third-order valence-electron chi connectivity index (χ3n) is 2.37. The number of carboxylic acid groups (broad SMARTS) is 1. The highest BCUT2D eigenvalue weighted by Crippen LogP contribution is 2.22. The summed E-state index contributed by atoms with van der Waals surface area (Å²) >= 11 is 0. The van der Waals surface area contributed by atoms with E-state index in [2.05, 4.69) is 0 Å². The molecule has 1 aliphatic rings. The van der Waals surface area contributed by atoms with Crippen LogP contribution in [0, 0.1) is 0 Å². The van der Waals surface area contributed by atoms with Gasteiger partial charge in [-0.3, -0.25) is 0 Å². The molecule has 4 N–H and O–H groups in total. The predicted octanol–water partition coefficient (Wildman–Crippen LogP) is 0.0655. The molecular weight excluding hydrogens is 184 g/mol. The van der Waals surface area contributed by atoms with Gasteiger partial charge in [0.1, 0.15) is 0 Å². The summed E-state index contributed by atoms with van der Waals surface area (Å²) in [5, 5.41) is 19.7. The molecule has 0 saturated carbocycles. The Kier molecular flexibility index (Phi) is 3.49. The van der Waals surface area contributed by atoms with Gasteiger partial charge in [0.25, 0.3) is 0 Å². The highest BCUT2D eigenvalue weighted by molar-refractivity contribution is 5.88. The van der Waals surface area contributed by atoms with Gasteiger partial charge in [0, 0.05) is 12.2 Å². The van der Waals surface area contributed by atoms with Crippen molar-refractivity contribution in [3.8, 4) is 0 Å². The lowest BCUT2D eigenvalue weighted by Gasteiger charge is -2.29. The average Bonchev–Trinajstić information content (AvgIpc) is 2.07. The molecule has 14 heavy (non-hydrogen) atoms. The summed E-state index contributed by atoms with van der Waals surface area (Å²) in [6, 6.07) is 0. The van der Waals surface area contributed by atoms with Crippen LogP contribution in [0.3, 0.4) is 0 Å². The first-order valence-corrected chi connectivity index (χ1v) is 4.70. The molecule has 5 heteroatoms. The monoisotopic (exact) mass is 200 g/mol. The molecule has 1 unspecified atom stereocenters. The zero-order valence-electron chi connectivity index (χ0n) is 8.23. The summed E-state index contributed by atoms with van der Waals surface area (Å²) in [4.78, 5) is 10.9. The van der Waals surface area contributed by atoms with Crippen LogP contribution < -0.4 is 5.84 Å². The van der Waals surface area contributed by atoms with Crippen LogP contribution in [0.1, 0.15) is 26.2 Å². The summed E-state index contributed by atoms with van der Waals surface area (Å²) in [5.74, 6) is 4.57. The van der Waals surface area contributed by atoms with Gasteiger partial charge >= 0.3 is 5.97 Å². The normalized spacial score (nSPS) is 23.2. The van der Waals surface area contributed by atoms with Crippen LogP contribution in [0.2, 0.25) is 0 Å². The summed E-state index contributed by atoms with van der Waals surface area (Å²) in [7, 11) is 0. The Morgan fingerprint density at radius 1 is 1.57 bits per heavy atom. The van der Waals surface area contributed by atoms with Gasteiger partial charge in [0.05, 0.1) is 11.7 Å². The summed E-state index contributed by atoms with van der Waals surface area (Å²) < 4.78 is 0. The van der Waals surface area contributed by atoms with Crippen molar-refractivity contribution in [2.75, 3.05) is 6.54 Å². The molecule has 1 fully saturated rings. The number of hydrazine groups is 1. The van der Waals surface area contributed by atoms with E-state index < -0.39 is 12.1 Å². The Morgan fingerprint density at radius 2 is 2.21 bits per heavy atom. The molecule has 1 rings (SSSR count). The second-order valence-corrected chi connectivity index (χ2v) is 3.49. The minimum Gasteiger partial charge on any atom is -0.478 e. The molecular formula is C9H16N2O3. The predicted molar refractivity (Wildman–Crippen MR) is 51.1 cm³/mol. The third-order valence-corrected chi connectivity index (χ3v) is 2.37. The molecule has 5 nitrogen and oxygen atoms in total. The van der Waals surface area contributed by atoms with Crippen molar-refractivity contribution in [3.63, 3.8) is 0 Å². The Bertz CT molecular complexity index is 261. The van der Waals surface area contributed by atoms with Crippen LogP contribution in [0.25, 0.3) is 0 Å². The number of rotatable bonds is 2. The van der Waals surface area contributed by atoms with E-state index in [1.807, 2.05) is 0 Å². The van der Waals surface area contributed by atoms with Gasteiger partial charge in [0.15, 0.2) is 0 Å². The molecule has 0 aromatic rings. The second kappa shape index (κ2) is 4.43. The number of aliphatic hydroxyl groups excluding tert-OH is 1. The van der Waals surface area contributed by atoms with Crippen LogP contribution in [0.4, 0.5) is 0 Å². The number of aliphatic hydroxyl groups is 1. The van der Waals surface area contributed by atoms with Gasteiger partial charge in [-0.25, -0.2) is 10.6 Å². The fourth-order valence-electron chi connectivity index (χ4n) is 1.69. The number of carbonyl (C=O) groups is 1.